The van der Waals surface area contributed by atoms with Gasteiger partial charge in [0.1, 0.15) is 12.4 Å². The topological polar surface area (TPSA) is 62.7 Å². The summed E-state index contributed by atoms with van der Waals surface area (Å²) >= 11 is 0. The molecule has 274 valence electrons. The average Bonchev–Trinajstić information content (AvgIpc) is 2.97. The number of alkyl halides is 13. The lowest BCUT2D eigenvalue weighted by molar-refractivity contribution is -0.547. The van der Waals surface area contributed by atoms with Crippen molar-refractivity contribution >= 4 is 0 Å². The number of aromatic nitrogens is 2. The first-order chi connectivity index (χ1) is 22.1. The molecule has 19 heteroatoms. The molecule has 0 aliphatic carbocycles. The van der Waals surface area contributed by atoms with Crippen molar-refractivity contribution in [2.24, 2.45) is 0 Å². The van der Waals surface area contributed by atoms with E-state index in [0.717, 1.165) is 24.8 Å². The van der Waals surface area contributed by atoms with Crippen molar-refractivity contribution in [1.82, 2.24) is 9.97 Å². The summed E-state index contributed by atoms with van der Waals surface area (Å²) in [6.07, 6.45) is -15.5. The minimum Gasteiger partial charge on any atom is -0.494 e. The van der Waals surface area contributed by atoms with Crippen molar-refractivity contribution in [3.8, 4) is 17.1 Å². The van der Waals surface area contributed by atoms with Gasteiger partial charge in [-0.1, -0.05) is 45.4 Å². The summed E-state index contributed by atoms with van der Waals surface area (Å²) in [7, 11) is 0. The Labute approximate surface area is 266 Å². The molecule has 0 fully saturated rings. The first-order valence-corrected chi connectivity index (χ1v) is 14.6. The van der Waals surface area contributed by atoms with E-state index in [1.165, 1.54) is 44.2 Å². The fraction of sp³-hybridized carbons (Fsp3) is 0.655. The minimum atomic E-state index is -7.13. The van der Waals surface area contributed by atoms with Crippen LogP contribution in [0.2, 0.25) is 0 Å². The zero-order valence-electron chi connectivity index (χ0n) is 25.4. The van der Waals surface area contributed by atoms with Crippen LogP contribution >= 0.6 is 0 Å². The van der Waals surface area contributed by atoms with Gasteiger partial charge in [-0.3, -0.25) is 0 Å². The molecule has 0 N–H and O–H groups in total. The summed E-state index contributed by atoms with van der Waals surface area (Å²) in [6.45, 7) is -1.46. The fourth-order valence-corrected chi connectivity index (χ4v) is 3.96. The highest BCUT2D eigenvalue weighted by Crippen LogP contribution is 2.51. The lowest BCUT2D eigenvalue weighted by Gasteiger charge is -2.35. The van der Waals surface area contributed by atoms with Crippen LogP contribution in [0.1, 0.15) is 63.9 Å². The molecule has 2 aromatic rings. The second-order valence-electron chi connectivity index (χ2n) is 10.5. The molecule has 0 radical (unpaired) electrons. The number of nitrogens with zero attached hydrogens (tertiary/aromatic N) is 2. The van der Waals surface area contributed by atoms with Gasteiger partial charge in [0.2, 0.25) is 0 Å². The number of hydrogen-bond donors (Lipinski definition) is 0. The molecule has 0 saturated carbocycles. The van der Waals surface area contributed by atoms with Gasteiger partial charge in [-0.05, 0) is 42.7 Å². The zero-order chi connectivity index (χ0) is 36.3. The Kier molecular flexibility index (Phi) is 14.7. The lowest BCUT2D eigenvalue weighted by atomic mass is 10.1. The van der Waals surface area contributed by atoms with Gasteiger partial charge in [-0.15, -0.1) is 13.2 Å². The maximum absolute atomic E-state index is 13.8. The number of ether oxygens (including phenoxy) is 4. The standard InChI is InChI=1S/C29H33F13N2O4/c1-2-3-4-5-6-7-8-10-20-17-43-23(44-18-20)21-11-13-22(14-12-21)46-16-9-15-45-19-24(30,31)25(32,33)26(34,35)47-27(36,37)28(38,39)48-29(40,41)42/h11-14,17-18H,2-10,15-16,19H2,1H3. The third-order valence-electron chi connectivity index (χ3n) is 6.54. The molecule has 1 heterocycles. The van der Waals surface area contributed by atoms with E-state index in [1.54, 1.807) is 34.0 Å². The van der Waals surface area contributed by atoms with Gasteiger partial charge >= 0.3 is 36.5 Å². The number of rotatable bonds is 22. The van der Waals surface area contributed by atoms with E-state index in [0.29, 0.717) is 11.4 Å². The predicted molar refractivity (Wildman–Crippen MR) is 143 cm³/mol. The second kappa shape index (κ2) is 17.1. The summed E-state index contributed by atoms with van der Waals surface area (Å²) < 4.78 is 183. The minimum absolute atomic E-state index is 0.259. The van der Waals surface area contributed by atoms with Crippen molar-refractivity contribution in [2.75, 3.05) is 19.8 Å². The smallest absolute Gasteiger partial charge is 0.494 e. The molecule has 0 aliphatic rings. The molecule has 0 aliphatic heterocycles. The third kappa shape index (κ3) is 12.2. The maximum atomic E-state index is 13.8. The van der Waals surface area contributed by atoms with Gasteiger partial charge in [0.05, 0.1) is 13.2 Å². The van der Waals surface area contributed by atoms with Crippen LogP contribution < -0.4 is 4.74 Å². The van der Waals surface area contributed by atoms with Gasteiger partial charge in [-0.25, -0.2) is 19.4 Å². The van der Waals surface area contributed by atoms with Crippen LogP contribution in [0, 0.1) is 0 Å². The van der Waals surface area contributed by atoms with Crippen LogP contribution in [0.5, 0.6) is 5.75 Å². The number of hydrogen-bond acceptors (Lipinski definition) is 6. The van der Waals surface area contributed by atoms with Crippen LogP contribution in [-0.4, -0.2) is 66.3 Å². The van der Waals surface area contributed by atoms with Crippen molar-refractivity contribution in [2.45, 2.75) is 101 Å². The fourth-order valence-electron chi connectivity index (χ4n) is 3.96. The highest BCUT2D eigenvalue weighted by atomic mass is 19.4. The van der Waals surface area contributed by atoms with E-state index >= 15 is 0 Å². The highest BCUT2D eigenvalue weighted by Gasteiger charge is 2.78. The molecule has 48 heavy (non-hydrogen) atoms. The molecule has 0 amide bonds. The van der Waals surface area contributed by atoms with E-state index in [2.05, 4.69) is 21.6 Å². The van der Waals surface area contributed by atoms with E-state index in [9.17, 15) is 57.1 Å². The molecule has 0 bridgehead atoms. The Morgan fingerprint density at radius 1 is 0.604 bits per heavy atom. The highest BCUT2D eigenvalue weighted by molar-refractivity contribution is 5.55. The number of unbranched alkanes of at least 4 members (excludes halogenated alkanes) is 6. The van der Waals surface area contributed by atoms with Gasteiger partial charge in [0, 0.05) is 24.4 Å². The van der Waals surface area contributed by atoms with Crippen LogP contribution in [0.15, 0.2) is 36.7 Å². The Hall–Kier alpha value is -2.93. The van der Waals surface area contributed by atoms with Crippen molar-refractivity contribution in [3.63, 3.8) is 0 Å². The Balaban J connectivity index is 1.79. The molecular formula is C29H33F13N2O4. The van der Waals surface area contributed by atoms with Crippen molar-refractivity contribution in [3.05, 3.63) is 42.2 Å². The molecule has 6 nitrogen and oxygen atoms in total. The maximum Gasteiger partial charge on any atom is 0.527 e. The third-order valence-corrected chi connectivity index (χ3v) is 6.54. The van der Waals surface area contributed by atoms with Crippen LogP contribution in [0.4, 0.5) is 57.1 Å². The molecule has 0 saturated heterocycles. The first-order valence-electron chi connectivity index (χ1n) is 14.6. The van der Waals surface area contributed by atoms with Crippen LogP contribution in [0.3, 0.4) is 0 Å². The first kappa shape index (κ1) is 41.2. The molecule has 1 aromatic carbocycles. The van der Waals surface area contributed by atoms with E-state index in [1.807, 2.05) is 0 Å². The molecule has 0 unspecified atom stereocenters. The monoisotopic (exact) mass is 720 g/mol. The number of benzene rings is 1. The van der Waals surface area contributed by atoms with Crippen molar-refractivity contribution in [1.29, 1.82) is 0 Å². The molecular weight excluding hydrogens is 687 g/mol. The number of aryl methyl sites for hydroxylation is 1. The Bertz CT molecular complexity index is 1230. The molecule has 0 atom stereocenters. The Morgan fingerprint density at radius 3 is 1.71 bits per heavy atom. The molecule has 2 rings (SSSR count). The Morgan fingerprint density at radius 2 is 1.15 bits per heavy atom. The summed E-state index contributed by atoms with van der Waals surface area (Å²) in [4.78, 5) is 8.70. The van der Waals surface area contributed by atoms with Gasteiger partial charge < -0.3 is 9.47 Å². The lowest BCUT2D eigenvalue weighted by Crippen LogP contribution is -2.61. The van der Waals surface area contributed by atoms with Gasteiger partial charge in [0.25, 0.3) is 0 Å². The quantitative estimate of drug-likeness (QED) is 0.0892. The predicted octanol–water partition coefficient (Wildman–Crippen LogP) is 9.82. The SMILES string of the molecule is CCCCCCCCCc1cnc(-c2ccc(OCCCOCC(F)(F)C(F)(F)C(F)(F)OC(F)(F)C(F)(F)OC(F)(F)F)cc2)nc1. The normalized spacial score (nSPS) is 13.6. The largest absolute Gasteiger partial charge is 0.527 e. The van der Waals surface area contributed by atoms with Gasteiger partial charge in [0.15, 0.2) is 5.82 Å². The zero-order valence-corrected chi connectivity index (χ0v) is 25.4. The van der Waals surface area contributed by atoms with E-state index in [4.69, 9.17) is 4.74 Å². The average molecular weight is 721 g/mol. The summed E-state index contributed by atoms with van der Waals surface area (Å²) in [5.74, 6) is -12.3. The van der Waals surface area contributed by atoms with Gasteiger partial charge in [-0.2, -0.15) is 43.9 Å². The van der Waals surface area contributed by atoms with Crippen molar-refractivity contribution < 1.29 is 76.0 Å². The van der Waals surface area contributed by atoms with Crippen LogP contribution in [0.25, 0.3) is 11.4 Å². The summed E-state index contributed by atoms with van der Waals surface area (Å²) in [5.41, 5.74) is 1.64. The molecule has 0 spiro atoms. The number of halogens is 13. The summed E-state index contributed by atoms with van der Waals surface area (Å²) in [5, 5.41) is 0. The molecule has 1 aromatic heterocycles. The second-order valence-corrected chi connectivity index (χ2v) is 10.5. The van der Waals surface area contributed by atoms with E-state index < -0.39 is 49.7 Å². The van der Waals surface area contributed by atoms with Crippen LogP contribution in [-0.2, 0) is 20.6 Å². The summed E-state index contributed by atoms with van der Waals surface area (Å²) in [6, 6.07) is 6.27. The van der Waals surface area contributed by atoms with E-state index in [-0.39, 0.29) is 18.8 Å².